The maximum absolute atomic E-state index is 13.3. The van der Waals surface area contributed by atoms with Crippen molar-refractivity contribution < 1.29 is 4.39 Å². The van der Waals surface area contributed by atoms with Crippen LogP contribution in [0.4, 0.5) is 4.39 Å². The summed E-state index contributed by atoms with van der Waals surface area (Å²) in [6, 6.07) is 7.58. The van der Waals surface area contributed by atoms with Crippen LogP contribution < -0.4 is 5.56 Å². The van der Waals surface area contributed by atoms with Crippen LogP contribution in [0.2, 0.25) is 0 Å². The Labute approximate surface area is 114 Å². The van der Waals surface area contributed by atoms with Crippen LogP contribution in [0.5, 0.6) is 0 Å². The molecule has 0 saturated carbocycles. The number of nitrogens with zero attached hydrogens (tertiary/aromatic N) is 3. The summed E-state index contributed by atoms with van der Waals surface area (Å²) in [4.78, 5) is 21.0. The molecule has 0 unspecified atom stereocenters. The number of halogens is 1. The van der Waals surface area contributed by atoms with Gasteiger partial charge in [0.1, 0.15) is 11.6 Å². The third kappa shape index (κ3) is 1.97. The highest BCUT2D eigenvalue weighted by molar-refractivity contribution is 5.78. The number of pyridine rings is 1. The molecule has 2 heterocycles. The second-order valence-electron chi connectivity index (χ2n) is 4.39. The Morgan fingerprint density at radius 3 is 2.85 bits per heavy atom. The molecule has 1 aromatic carbocycles. The van der Waals surface area contributed by atoms with Gasteiger partial charge in [-0.25, -0.2) is 9.37 Å². The van der Waals surface area contributed by atoms with Gasteiger partial charge in [0.15, 0.2) is 0 Å². The Morgan fingerprint density at radius 2 is 2.15 bits per heavy atom. The largest absolute Gasteiger partial charge is 0.268 e. The number of fused-ring (bicyclic) bond motifs is 1. The molecule has 0 fully saturated rings. The van der Waals surface area contributed by atoms with Gasteiger partial charge < -0.3 is 0 Å². The maximum Gasteiger partial charge on any atom is 0.266 e. The molecule has 0 aliphatic heterocycles. The standard InChI is InChI=1S/C15H12FN3O/c1-2-14-18-13-6-5-10(16)8-12(13)15(20)19(14)11-4-3-7-17-9-11/h3-9H,2H2,1H3. The quantitative estimate of drug-likeness (QED) is 0.718. The highest BCUT2D eigenvalue weighted by Crippen LogP contribution is 2.14. The fraction of sp³-hybridized carbons (Fsp3) is 0.133. The van der Waals surface area contributed by atoms with Crippen molar-refractivity contribution in [3.63, 3.8) is 0 Å². The summed E-state index contributed by atoms with van der Waals surface area (Å²) in [5.74, 6) is 0.181. The van der Waals surface area contributed by atoms with E-state index in [4.69, 9.17) is 0 Å². The average molecular weight is 269 g/mol. The number of rotatable bonds is 2. The smallest absolute Gasteiger partial charge is 0.266 e. The molecule has 3 aromatic rings. The van der Waals surface area contributed by atoms with Gasteiger partial charge in [-0.15, -0.1) is 0 Å². The highest BCUT2D eigenvalue weighted by Gasteiger charge is 2.12. The van der Waals surface area contributed by atoms with E-state index in [1.54, 1.807) is 24.5 Å². The average Bonchev–Trinajstić information content (AvgIpc) is 2.48. The summed E-state index contributed by atoms with van der Waals surface area (Å²) in [6.45, 7) is 1.92. The van der Waals surface area contributed by atoms with E-state index in [0.29, 0.717) is 23.4 Å². The fourth-order valence-electron chi connectivity index (χ4n) is 2.19. The van der Waals surface area contributed by atoms with Gasteiger partial charge in [0, 0.05) is 12.6 Å². The zero-order valence-corrected chi connectivity index (χ0v) is 10.9. The van der Waals surface area contributed by atoms with Crippen molar-refractivity contribution in [2.24, 2.45) is 0 Å². The topological polar surface area (TPSA) is 47.8 Å². The van der Waals surface area contributed by atoms with Crippen LogP contribution in [-0.4, -0.2) is 14.5 Å². The minimum absolute atomic E-state index is 0.269. The van der Waals surface area contributed by atoms with Gasteiger partial charge in [-0.1, -0.05) is 6.92 Å². The Balaban J connectivity index is 2.41. The molecule has 4 nitrogen and oxygen atoms in total. The van der Waals surface area contributed by atoms with E-state index in [0.717, 1.165) is 0 Å². The highest BCUT2D eigenvalue weighted by atomic mass is 19.1. The molecule has 3 rings (SSSR count). The molecule has 0 amide bonds. The molecule has 5 heteroatoms. The number of hydrogen-bond acceptors (Lipinski definition) is 3. The first-order valence-electron chi connectivity index (χ1n) is 6.32. The number of aryl methyl sites for hydroxylation is 1. The van der Waals surface area contributed by atoms with Gasteiger partial charge in [-0.2, -0.15) is 0 Å². The zero-order valence-electron chi connectivity index (χ0n) is 10.9. The van der Waals surface area contributed by atoms with Crippen LogP contribution in [0.3, 0.4) is 0 Å². The van der Waals surface area contributed by atoms with E-state index in [1.807, 2.05) is 6.92 Å². The van der Waals surface area contributed by atoms with E-state index in [9.17, 15) is 9.18 Å². The van der Waals surface area contributed by atoms with Crippen LogP contribution in [0.25, 0.3) is 16.6 Å². The normalized spacial score (nSPS) is 10.9. The molecule has 0 aliphatic carbocycles. The van der Waals surface area contributed by atoms with E-state index < -0.39 is 5.82 Å². The first-order chi connectivity index (χ1) is 9.70. The van der Waals surface area contributed by atoms with Crippen LogP contribution in [0.15, 0.2) is 47.5 Å². The maximum atomic E-state index is 13.3. The Kier molecular flexibility index (Phi) is 3.02. The predicted octanol–water partition coefficient (Wildman–Crippen LogP) is 2.48. The molecular formula is C15H12FN3O. The number of aromatic nitrogens is 3. The third-order valence-corrected chi connectivity index (χ3v) is 3.12. The molecule has 2 aromatic heterocycles. The summed E-state index contributed by atoms with van der Waals surface area (Å²) >= 11 is 0. The van der Waals surface area contributed by atoms with Crippen molar-refractivity contribution in [1.82, 2.24) is 14.5 Å². The molecule has 0 radical (unpaired) electrons. The molecule has 0 spiro atoms. The van der Waals surface area contributed by atoms with Crippen LogP contribution in [0, 0.1) is 5.82 Å². The Bertz CT molecular complexity index is 828. The number of benzene rings is 1. The minimum atomic E-state index is -0.446. The van der Waals surface area contributed by atoms with Crippen molar-refractivity contribution in [2.75, 3.05) is 0 Å². The molecule has 0 saturated heterocycles. The van der Waals surface area contributed by atoms with Crippen LogP contribution in [-0.2, 0) is 6.42 Å². The van der Waals surface area contributed by atoms with Gasteiger partial charge >= 0.3 is 0 Å². The Morgan fingerprint density at radius 1 is 1.30 bits per heavy atom. The van der Waals surface area contributed by atoms with E-state index in [2.05, 4.69) is 9.97 Å². The lowest BCUT2D eigenvalue weighted by molar-refractivity contribution is 0.629. The zero-order chi connectivity index (χ0) is 14.1. The molecular weight excluding hydrogens is 257 g/mol. The third-order valence-electron chi connectivity index (χ3n) is 3.12. The lowest BCUT2D eigenvalue weighted by Gasteiger charge is -2.11. The lowest BCUT2D eigenvalue weighted by atomic mass is 10.2. The van der Waals surface area contributed by atoms with Crippen molar-refractivity contribution in [2.45, 2.75) is 13.3 Å². The summed E-state index contributed by atoms with van der Waals surface area (Å²) in [7, 11) is 0. The van der Waals surface area contributed by atoms with Crippen molar-refractivity contribution >= 4 is 10.9 Å². The van der Waals surface area contributed by atoms with Gasteiger partial charge in [0.25, 0.3) is 5.56 Å². The summed E-state index contributed by atoms with van der Waals surface area (Å²) in [5, 5.41) is 0.269. The number of hydrogen-bond donors (Lipinski definition) is 0. The van der Waals surface area contributed by atoms with Crippen LogP contribution >= 0.6 is 0 Å². The lowest BCUT2D eigenvalue weighted by Crippen LogP contribution is -2.23. The van der Waals surface area contributed by atoms with Gasteiger partial charge in [0.2, 0.25) is 0 Å². The first kappa shape index (κ1) is 12.5. The van der Waals surface area contributed by atoms with Crippen molar-refractivity contribution in [1.29, 1.82) is 0 Å². The van der Waals surface area contributed by atoms with Crippen molar-refractivity contribution in [3.05, 3.63) is 64.7 Å². The van der Waals surface area contributed by atoms with Crippen molar-refractivity contribution in [3.8, 4) is 5.69 Å². The molecule has 0 bridgehead atoms. The monoisotopic (exact) mass is 269 g/mol. The van der Waals surface area contributed by atoms with E-state index in [1.165, 1.54) is 22.8 Å². The predicted molar refractivity (Wildman–Crippen MR) is 74.5 cm³/mol. The minimum Gasteiger partial charge on any atom is -0.268 e. The van der Waals surface area contributed by atoms with Crippen LogP contribution in [0.1, 0.15) is 12.7 Å². The summed E-state index contributed by atoms with van der Waals surface area (Å²) < 4.78 is 14.8. The molecule has 0 atom stereocenters. The second kappa shape index (κ2) is 4.85. The summed E-state index contributed by atoms with van der Waals surface area (Å²) in [5.41, 5.74) is 0.862. The molecule has 0 aliphatic rings. The second-order valence-corrected chi connectivity index (χ2v) is 4.39. The molecule has 20 heavy (non-hydrogen) atoms. The first-order valence-corrected chi connectivity index (χ1v) is 6.32. The molecule has 100 valence electrons. The SMILES string of the molecule is CCc1nc2ccc(F)cc2c(=O)n1-c1cccnc1. The van der Waals surface area contributed by atoms with Gasteiger partial charge in [0.05, 0.1) is 22.8 Å². The Hall–Kier alpha value is -2.56. The van der Waals surface area contributed by atoms with Gasteiger partial charge in [-0.3, -0.25) is 14.3 Å². The fourth-order valence-corrected chi connectivity index (χ4v) is 2.19. The van der Waals surface area contributed by atoms with E-state index in [-0.39, 0.29) is 10.9 Å². The summed E-state index contributed by atoms with van der Waals surface area (Å²) in [6.07, 6.45) is 3.82. The molecule has 0 N–H and O–H groups in total. The van der Waals surface area contributed by atoms with E-state index >= 15 is 0 Å². The van der Waals surface area contributed by atoms with Gasteiger partial charge in [-0.05, 0) is 30.3 Å².